The molecule has 0 amide bonds. The van der Waals surface area contributed by atoms with Crippen LogP contribution in [0.1, 0.15) is 51.0 Å². The van der Waals surface area contributed by atoms with E-state index in [-0.39, 0.29) is 0 Å². The van der Waals surface area contributed by atoms with Gasteiger partial charge in [0.25, 0.3) is 0 Å². The van der Waals surface area contributed by atoms with Crippen LogP contribution in [0.4, 0.5) is 0 Å². The number of hydrogen-bond acceptors (Lipinski definition) is 1. The van der Waals surface area contributed by atoms with Crippen LogP contribution in [0.15, 0.2) is 28.7 Å². The molecule has 0 heterocycles. The van der Waals surface area contributed by atoms with E-state index < -0.39 is 0 Å². The zero-order chi connectivity index (χ0) is 12.8. The van der Waals surface area contributed by atoms with Crippen LogP contribution >= 0.6 is 15.9 Å². The van der Waals surface area contributed by atoms with Crippen molar-refractivity contribution in [2.45, 2.75) is 50.9 Å². The van der Waals surface area contributed by atoms with Crippen molar-refractivity contribution in [2.24, 2.45) is 0 Å². The van der Waals surface area contributed by atoms with E-state index in [9.17, 15) is 0 Å². The molecule has 1 aliphatic carbocycles. The average Bonchev–Trinajstić information content (AvgIpc) is 2.63. The minimum atomic E-state index is 0.340. The fourth-order valence-electron chi connectivity index (χ4n) is 3.20. The predicted octanol–water partition coefficient (Wildman–Crippen LogP) is 4.65. The van der Waals surface area contributed by atoms with Gasteiger partial charge in [-0.2, -0.15) is 0 Å². The molecule has 0 spiro atoms. The Hall–Kier alpha value is -0.340. The van der Waals surface area contributed by atoms with Gasteiger partial charge in [0, 0.05) is 16.4 Å². The molecular weight excluding hydrogens is 286 g/mol. The lowest BCUT2D eigenvalue weighted by Crippen LogP contribution is -2.38. The fourth-order valence-corrected chi connectivity index (χ4v) is 3.91. The molecule has 1 aromatic carbocycles. The molecule has 0 atom stereocenters. The number of nitrogens with one attached hydrogen (secondary N) is 1. The molecule has 1 N–H and O–H groups in total. The van der Waals surface area contributed by atoms with Crippen LogP contribution in [0.5, 0.6) is 0 Å². The van der Waals surface area contributed by atoms with Crippen LogP contribution in [0, 0.1) is 0 Å². The quantitative estimate of drug-likeness (QED) is 0.798. The van der Waals surface area contributed by atoms with Gasteiger partial charge in [0.05, 0.1) is 0 Å². The van der Waals surface area contributed by atoms with Crippen LogP contribution in [0.25, 0.3) is 0 Å². The summed E-state index contributed by atoms with van der Waals surface area (Å²) in [6.07, 6.45) is 8.18. The Kier molecular flexibility index (Phi) is 5.25. The first kappa shape index (κ1) is 14.1. The lowest BCUT2D eigenvalue weighted by molar-refractivity contribution is 0.349. The molecular formula is C16H24BrN. The van der Waals surface area contributed by atoms with Crippen LogP contribution in [-0.4, -0.2) is 13.1 Å². The van der Waals surface area contributed by atoms with Crippen LogP contribution in [-0.2, 0) is 5.41 Å². The minimum absolute atomic E-state index is 0.340. The molecule has 0 unspecified atom stereocenters. The predicted molar refractivity (Wildman–Crippen MR) is 82.1 cm³/mol. The lowest BCUT2D eigenvalue weighted by Gasteiger charge is -2.34. The second-order valence-corrected chi connectivity index (χ2v) is 6.31. The van der Waals surface area contributed by atoms with Gasteiger partial charge in [-0.05, 0) is 31.0 Å². The van der Waals surface area contributed by atoms with Crippen molar-refractivity contribution < 1.29 is 0 Å². The topological polar surface area (TPSA) is 12.0 Å². The van der Waals surface area contributed by atoms with E-state index >= 15 is 0 Å². The smallest absolute Gasteiger partial charge is 0.0213 e. The van der Waals surface area contributed by atoms with Crippen LogP contribution in [0.3, 0.4) is 0 Å². The molecule has 2 heteroatoms. The van der Waals surface area contributed by atoms with Crippen LogP contribution in [0.2, 0.25) is 0 Å². The van der Waals surface area contributed by atoms with E-state index in [0.717, 1.165) is 13.1 Å². The molecule has 1 fully saturated rings. The molecule has 1 saturated carbocycles. The average molecular weight is 310 g/mol. The molecule has 0 radical (unpaired) electrons. The number of likely N-dealkylation sites (N-methyl/N-ethyl adjacent to an activating group) is 1. The first-order valence-corrected chi connectivity index (χ1v) is 8.03. The number of halogens is 1. The van der Waals surface area contributed by atoms with E-state index in [1.807, 2.05) is 0 Å². The minimum Gasteiger partial charge on any atom is -0.316 e. The highest BCUT2D eigenvalue weighted by Gasteiger charge is 2.33. The van der Waals surface area contributed by atoms with Crippen molar-refractivity contribution >= 4 is 15.9 Å². The van der Waals surface area contributed by atoms with Gasteiger partial charge in [-0.1, -0.05) is 66.7 Å². The highest BCUT2D eigenvalue weighted by molar-refractivity contribution is 9.10. The SMILES string of the molecule is CCNCC1(c2ccccc2Br)CCCCCC1. The maximum absolute atomic E-state index is 3.76. The maximum Gasteiger partial charge on any atom is 0.0213 e. The third-order valence-corrected chi connectivity index (χ3v) is 4.91. The third-order valence-electron chi connectivity index (χ3n) is 4.22. The third kappa shape index (κ3) is 3.16. The van der Waals surface area contributed by atoms with Crippen molar-refractivity contribution in [3.63, 3.8) is 0 Å². The van der Waals surface area contributed by atoms with E-state index in [4.69, 9.17) is 0 Å². The Morgan fingerprint density at radius 1 is 1.11 bits per heavy atom. The van der Waals surface area contributed by atoms with Crippen molar-refractivity contribution in [1.29, 1.82) is 0 Å². The van der Waals surface area contributed by atoms with E-state index in [1.165, 1.54) is 48.6 Å². The van der Waals surface area contributed by atoms with Gasteiger partial charge in [-0.15, -0.1) is 0 Å². The van der Waals surface area contributed by atoms with Gasteiger partial charge in [0.2, 0.25) is 0 Å². The molecule has 100 valence electrons. The van der Waals surface area contributed by atoms with Crippen molar-refractivity contribution in [2.75, 3.05) is 13.1 Å². The first-order valence-electron chi connectivity index (χ1n) is 7.24. The molecule has 0 bridgehead atoms. The van der Waals surface area contributed by atoms with Gasteiger partial charge in [0.15, 0.2) is 0 Å². The summed E-state index contributed by atoms with van der Waals surface area (Å²) < 4.78 is 1.28. The Balaban J connectivity index is 2.31. The highest BCUT2D eigenvalue weighted by Crippen LogP contribution is 2.40. The van der Waals surface area contributed by atoms with E-state index in [1.54, 1.807) is 0 Å². The van der Waals surface area contributed by atoms with Crippen molar-refractivity contribution in [3.05, 3.63) is 34.3 Å². The normalized spacial score (nSPS) is 19.4. The number of benzene rings is 1. The van der Waals surface area contributed by atoms with E-state index in [2.05, 4.69) is 52.4 Å². The number of rotatable bonds is 4. The summed E-state index contributed by atoms with van der Waals surface area (Å²) in [5, 5.41) is 3.59. The standard InChI is InChI=1S/C16H24BrN/c1-2-18-13-16(11-7-3-4-8-12-16)14-9-5-6-10-15(14)17/h5-6,9-10,18H,2-4,7-8,11-13H2,1H3. The molecule has 1 nitrogen and oxygen atoms in total. The summed E-state index contributed by atoms with van der Waals surface area (Å²) in [6, 6.07) is 8.80. The molecule has 18 heavy (non-hydrogen) atoms. The van der Waals surface area contributed by atoms with Gasteiger partial charge in [0.1, 0.15) is 0 Å². The lowest BCUT2D eigenvalue weighted by atomic mass is 9.74. The van der Waals surface area contributed by atoms with Gasteiger partial charge in [-0.3, -0.25) is 0 Å². The summed E-state index contributed by atoms with van der Waals surface area (Å²) in [4.78, 5) is 0. The van der Waals surface area contributed by atoms with Gasteiger partial charge < -0.3 is 5.32 Å². The highest BCUT2D eigenvalue weighted by atomic mass is 79.9. The first-order chi connectivity index (χ1) is 8.78. The Morgan fingerprint density at radius 2 is 1.78 bits per heavy atom. The zero-order valence-corrected chi connectivity index (χ0v) is 12.9. The molecule has 0 aliphatic heterocycles. The summed E-state index contributed by atoms with van der Waals surface area (Å²) in [5.41, 5.74) is 1.85. The Morgan fingerprint density at radius 3 is 2.39 bits per heavy atom. The fraction of sp³-hybridized carbons (Fsp3) is 0.625. The van der Waals surface area contributed by atoms with Crippen molar-refractivity contribution in [3.8, 4) is 0 Å². The summed E-state index contributed by atoms with van der Waals surface area (Å²) >= 11 is 3.76. The van der Waals surface area contributed by atoms with E-state index in [0.29, 0.717) is 5.41 Å². The van der Waals surface area contributed by atoms with Crippen molar-refractivity contribution in [1.82, 2.24) is 5.32 Å². The second kappa shape index (κ2) is 6.72. The van der Waals surface area contributed by atoms with Gasteiger partial charge in [-0.25, -0.2) is 0 Å². The maximum atomic E-state index is 3.76. The Bertz CT molecular complexity index is 367. The summed E-state index contributed by atoms with van der Waals surface area (Å²) in [7, 11) is 0. The molecule has 0 aromatic heterocycles. The van der Waals surface area contributed by atoms with Crippen LogP contribution < -0.4 is 5.32 Å². The monoisotopic (exact) mass is 309 g/mol. The molecule has 1 aliphatic rings. The van der Waals surface area contributed by atoms with Gasteiger partial charge >= 0.3 is 0 Å². The molecule has 0 saturated heterocycles. The zero-order valence-electron chi connectivity index (χ0n) is 11.3. The summed E-state index contributed by atoms with van der Waals surface area (Å²) in [6.45, 7) is 4.38. The molecule has 1 aromatic rings. The second-order valence-electron chi connectivity index (χ2n) is 5.45. The largest absolute Gasteiger partial charge is 0.316 e. The molecule has 2 rings (SSSR count). The summed E-state index contributed by atoms with van der Waals surface area (Å²) in [5.74, 6) is 0. The Labute approximate surface area is 119 Å². The number of hydrogen-bond donors (Lipinski definition) is 1.